The van der Waals surface area contributed by atoms with Gasteiger partial charge in [-0.3, -0.25) is 0 Å². The van der Waals surface area contributed by atoms with Crippen molar-refractivity contribution in [3.8, 4) is 11.1 Å². The Morgan fingerprint density at radius 3 is 2.14 bits per heavy atom. The molecule has 0 unspecified atom stereocenters. The van der Waals surface area contributed by atoms with E-state index >= 15 is 0 Å². The number of rotatable bonds is 3. The molecule has 0 heterocycles. The summed E-state index contributed by atoms with van der Waals surface area (Å²) in [7, 11) is 0. The third-order valence-electron chi connectivity index (χ3n) is 4.97. The number of fused-ring (bicyclic) bond motifs is 3. The van der Waals surface area contributed by atoms with Crippen LogP contribution in [0.15, 0.2) is 36.4 Å². The second-order valence-electron chi connectivity index (χ2n) is 7.21. The van der Waals surface area contributed by atoms with E-state index in [2.05, 4.69) is 71.0 Å². The van der Waals surface area contributed by atoms with Crippen molar-refractivity contribution in [3.05, 3.63) is 58.7 Å². The monoisotopic (exact) mass is 278 g/mol. The Morgan fingerprint density at radius 2 is 1.52 bits per heavy atom. The average Bonchev–Trinajstić information content (AvgIpc) is 2.68. The molecule has 0 fully saturated rings. The summed E-state index contributed by atoms with van der Waals surface area (Å²) in [5, 5.41) is 0. The summed E-state index contributed by atoms with van der Waals surface area (Å²) in [6.07, 6.45) is 2.39. The normalized spacial score (nSPS) is 15.1. The van der Waals surface area contributed by atoms with E-state index in [1.165, 1.54) is 46.2 Å². The summed E-state index contributed by atoms with van der Waals surface area (Å²) < 4.78 is 0. The fourth-order valence-electron chi connectivity index (χ4n) is 3.61. The predicted molar refractivity (Wildman–Crippen MR) is 92.1 cm³/mol. The van der Waals surface area contributed by atoms with Crippen LogP contribution < -0.4 is 0 Å². The van der Waals surface area contributed by atoms with Crippen molar-refractivity contribution in [2.75, 3.05) is 0 Å². The number of hydrogen-bond acceptors (Lipinski definition) is 0. The van der Waals surface area contributed by atoms with Gasteiger partial charge in [0.15, 0.2) is 0 Å². The summed E-state index contributed by atoms with van der Waals surface area (Å²) in [6, 6.07) is 14.1. The van der Waals surface area contributed by atoms with Gasteiger partial charge in [0.05, 0.1) is 0 Å². The standard InChI is InChI=1S/C21H26/c1-6-7-15-8-10-17-18-11-9-16(14(2)3)13-20(18)21(4,5)19(17)12-15/h8-14H,6-7H2,1-5H3. The summed E-state index contributed by atoms with van der Waals surface area (Å²) in [5.41, 5.74) is 8.92. The Morgan fingerprint density at radius 1 is 0.905 bits per heavy atom. The maximum Gasteiger partial charge on any atom is 0.0159 e. The molecule has 1 aliphatic carbocycles. The van der Waals surface area contributed by atoms with E-state index in [-0.39, 0.29) is 5.41 Å². The molecule has 3 rings (SSSR count). The Labute approximate surface area is 129 Å². The van der Waals surface area contributed by atoms with Gasteiger partial charge in [-0.2, -0.15) is 0 Å². The minimum Gasteiger partial charge on any atom is -0.0651 e. The SMILES string of the molecule is CCCc1ccc2c(c1)C(C)(C)c1cc(C(C)C)ccc1-2. The Bertz CT molecular complexity index is 674. The fraction of sp³-hybridized carbons (Fsp3) is 0.429. The van der Waals surface area contributed by atoms with Gasteiger partial charge >= 0.3 is 0 Å². The lowest BCUT2D eigenvalue weighted by Crippen LogP contribution is -2.15. The first-order chi connectivity index (χ1) is 9.95. The van der Waals surface area contributed by atoms with Crippen molar-refractivity contribution >= 4 is 0 Å². The van der Waals surface area contributed by atoms with Crippen molar-refractivity contribution in [1.29, 1.82) is 0 Å². The van der Waals surface area contributed by atoms with E-state index < -0.39 is 0 Å². The van der Waals surface area contributed by atoms with Crippen molar-refractivity contribution in [2.45, 2.75) is 58.8 Å². The van der Waals surface area contributed by atoms with Crippen molar-refractivity contribution in [3.63, 3.8) is 0 Å². The average molecular weight is 278 g/mol. The maximum atomic E-state index is 2.44. The molecule has 0 aromatic heterocycles. The van der Waals surface area contributed by atoms with Gasteiger partial charge in [0.25, 0.3) is 0 Å². The minimum absolute atomic E-state index is 0.124. The molecule has 0 nitrogen and oxygen atoms in total. The van der Waals surface area contributed by atoms with E-state index in [0.29, 0.717) is 5.92 Å². The molecule has 0 saturated heterocycles. The summed E-state index contributed by atoms with van der Waals surface area (Å²) in [4.78, 5) is 0. The smallest absolute Gasteiger partial charge is 0.0159 e. The number of hydrogen-bond donors (Lipinski definition) is 0. The van der Waals surface area contributed by atoms with Crippen LogP contribution in [0, 0.1) is 0 Å². The molecule has 0 heteroatoms. The van der Waals surface area contributed by atoms with Crippen LogP contribution in [0.25, 0.3) is 11.1 Å². The molecule has 0 amide bonds. The molecule has 0 aliphatic heterocycles. The van der Waals surface area contributed by atoms with Gasteiger partial charge in [-0.1, -0.05) is 77.4 Å². The molecule has 21 heavy (non-hydrogen) atoms. The Balaban J connectivity index is 2.17. The van der Waals surface area contributed by atoms with Crippen LogP contribution in [0.3, 0.4) is 0 Å². The zero-order valence-electron chi connectivity index (χ0n) is 14.0. The molecule has 1 aliphatic rings. The first kappa shape index (κ1) is 14.4. The second-order valence-corrected chi connectivity index (χ2v) is 7.21. The van der Waals surface area contributed by atoms with Gasteiger partial charge in [-0.25, -0.2) is 0 Å². The quantitative estimate of drug-likeness (QED) is 0.639. The van der Waals surface area contributed by atoms with E-state index in [0.717, 1.165) is 0 Å². The van der Waals surface area contributed by atoms with Gasteiger partial charge in [0, 0.05) is 5.41 Å². The van der Waals surface area contributed by atoms with Crippen LogP contribution in [-0.4, -0.2) is 0 Å². The molecule has 110 valence electrons. The van der Waals surface area contributed by atoms with Gasteiger partial charge in [0.2, 0.25) is 0 Å². The highest BCUT2D eigenvalue weighted by Crippen LogP contribution is 2.49. The van der Waals surface area contributed by atoms with Crippen LogP contribution >= 0.6 is 0 Å². The number of benzene rings is 2. The zero-order chi connectivity index (χ0) is 15.2. The third kappa shape index (κ3) is 2.21. The van der Waals surface area contributed by atoms with Crippen LogP contribution in [0.5, 0.6) is 0 Å². The Hall–Kier alpha value is -1.56. The molecule has 2 aromatic rings. The lowest BCUT2D eigenvalue weighted by atomic mass is 9.81. The maximum absolute atomic E-state index is 2.44. The van der Waals surface area contributed by atoms with Crippen molar-refractivity contribution in [2.24, 2.45) is 0 Å². The molecule has 0 bridgehead atoms. The van der Waals surface area contributed by atoms with Crippen molar-refractivity contribution < 1.29 is 0 Å². The van der Waals surface area contributed by atoms with Crippen LogP contribution in [-0.2, 0) is 11.8 Å². The molecule has 0 radical (unpaired) electrons. The second kappa shape index (κ2) is 5.02. The molecule has 0 saturated carbocycles. The van der Waals surface area contributed by atoms with Crippen molar-refractivity contribution in [1.82, 2.24) is 0 Å². The minimum atomic E-state index is 0.124. The summed E-state index contributed by atoms with van der Waals surface area (Å²) >= 11 is 0. The first-order valence-corrected chi connectivity index (χ1v) is 8.23. The topological polar surface area (TPSA) is 0 Å². The highest BCUT2D eigenvalue weighted by molar-refractivity contribution is 5.81. The largest absolute Gasteiger partial charge is 0.0651 e. The predicted octanol–water partition coefficient (Wildman–Crippen LogP) is 6.07. The van der Waals surface area contributed by atoms with Gasteiger partial charge in [0.1, 0.15) is 0 Å². The summed E-state index contributed by atoms with van der Waals surface area (Å²) in [6.45, 7) is 11.5. The highest BCUT2D eigenvalue weighted by atomic mass is 14.4. The van der Waals surface area contributed by atoms with E-state index in [1.807, 2.05) is 0 Å². The Kier molecular flexibility index (Phi) is 3.43. The lowest BCUT2D eigenvalue weighted by Gasteiger charge is -2.23. The van der Waals surface area contributed by atoms with Crippen LogP contribution in [0.4, 0.5) is 0 Å². The summed E-state index contributed by atoms with van der Waals surface area (Å²) in [5.74, 6) is 0.588. The fourth-order valence-corrected chi connectivity index (χ4v) is 3.61. The van der Waals surface area contributed by atoms with Gasteiger partial charge in [-0.15, -0.1) is 0 Å². The zero-order valence-corrected chi connectivity index (χ0v) is 14.0. The van der Waals surface area contributed by atoms with E-state index in [9.17, 15) is 0 Å². The lowest BCUT2D eigenvalue weighted by molar-refractivity contribution is 0.656. The molecular formula is C21H26. The number of aryl methyl sites for hydroxylation is 1. The van der Waals surface area contributed by atoms with Crippen LogP contribution in [0.2, 0.25) is 0 Å². The van der Waals surface area contributed by atoms with E-state index in [4.69, 9.17) is 0 Å². The molecular weight excluding hydrogens is 252 g/mol. The first-order valence-electron chi connectivity index (χ1n) is 8.23. The molecule has 0 spiro atoms. The van der Waals surface area contributed by atoms with Gasteiger partial charge in [-0.05, 0) is 45.7 Å². The van der Waals surface area contributed by atoms with Gasteiger partial charge < -0.3 is 0 Å². The molecule has 0 N–H and O–H groups in total. The highest BCUT2D eigenvalue weighted by Gasteiger charge is 2.35. The third-order valence-corrected chi connectivity index (χ3v) is 4.97. The molecule has 0 atom stereocenters. The van der Waals surface area contributed by atoms with Crippen LogP contribution in [0.1, 0.15) is 69.2 Å². The van der Waals surface area contributed by atoms with E-state index in [1.54, 1.807) is 0 Å². The molecule has 2 aromatic carbocycles.